The minimum atomic E-state index is -5.16. The number of rotatable bonds is 10. The van der Waals surface area contributed by atoms with Gasteiger partial charge in [-0.1, -0.05) is 11.6 Å². The molecule has 0 radical (unpaired) electrons. The summed E-state index contributed by atoms with van der Waals surface area (Å²) in [6, 6.07) is 8.13. The van der Waals surface area contributed by atoms with Crippen molar-refractivity contribution in [2.75, 3.05) is 11.0 Å². The van der Waals surface area contributed by atoms with Gasteiger partial charge in [-0.05, 0) is 66.4 Å². The fourth-order valence-corrected chi connectivity index (χ4v) is 9.06. The van der Waals surface area contributed by atoms with Crippen molar-refractivity contribution in [1.82, 2.24) is 39.4 Å². The lowest BCUT2D eigenvalue weighted by atomic mass is 10.0. The van der Waals surface area contributed by atoms with Crippen molar-refractivity contribution in [2.24, 2.45) is 13.0 Å². The van der Waals surface area contributed by atoms with E-state index in [0.29, 0.717) is 12.1 Å². The van der Waals surface area contributed by atoms with Crippen LogP contribution in [0.1, 0.15) is 46.7 Å². The highest BCUT2D eigenvalue weighted by atomic mass is 35.5. The number of nitrogens with zero attached hydrogens (tertiary/aromatic N) is 7. The number of nitrogens with one attached hydrogen (secondary N) is 2. The molecule has 0 spiro atoms. The number of aryl methyl sites for hydroxylation is 1. The van der Waals surface area contributed by atoms with E-state index < -0.39 is 116 Å². The molecular weight excluding hydrogens is 909 g/mol. The molecule has 3 atom stereocenters. The summed E-state index contributed by atoms with van der Waals surface area (Å²) in [4.78, 5) is 37.9. The maximum atomic E-state index is 15.5. The van der Waals surface area contributed by atoms with E-state index >= 15 is 13.2 Å². The van der Waals surface area contributed by atoms with Crippen LogP contribution in [0.15, 0.2) is 65.5 Å². The van der Waals surface area contributed by atoms with Crippen LogP contribution in [-0.2, 0) is 46.9 Å². The molecule has 4 heterocycles. The lowest BCUT2D eigenvalue weighted by molar-refractivity contribution is -0.142. The van der Waals surface area contributed by atoms with Gasteiger partial charge in [-0.2, -0.15) is 32.1 Å². The maximum Gasteiger partial charge on any atom is 0.435 e. The number of halogens is 10. The molecule has 64 heavy (non-hydrogen) atoms. The van der Waals surface area contributed by atoms with E-state index in [1.165, 1.54) is 31.3 Å². The Kier molecular flexibility index (Phi) is 9.89. The Hall–Kier alpha value is -6.49. The molecule has 2 aliphatic carbocycles. The van der Waals surface area contributed by atoms with Gasteiger partial charge in [0.05, 0.1) is 45.0 Å². The number of carbonyl (C=O) groups excluding carboxylic acids is 1. The Labute approximate surface area is 358 Å². The lowest BCUT2D eigenvalue weighted by Crippen LogP contribution is -2.38. The number of pyridine rings is 1. The van der Waals surface area contributed by atoms with Gasteiger partial charge in [0.25, 0.3) is 11.5 Å². The van der Waals surface area contributed by atoms with Crippen LogP contribution in [0.5, 0.6) is 0 Å². The molecule has 1 amide bonds. The molecule has 0 aliphatic heterocycles. The van der Waals surface area contributed by atoms with E-state index in [9.17, 15) is 44.3 Å². The molecule has 7 aromatic rings. The first-order valence-electron chi connectivity index (χ1n) is 18.8. The van der Waals surface area contributed by atoms with Gasteiger partial charge in [0.15, 0.2) is 17.2 Å². The summed E-state index contributed by atoms with van der Waals surface area (Å²) in [6.45, 7) is -1.24. The van der Waals surface area contributed by atoms with Crippen molar-refractivity contribution < 1.29 is 52.7 Å². The van der Waals surface area contributed by atoms with Crippen LogP contribution < -0.4 is 15.6 Å². The van der Waals surface area contributed by atoms with Crippen LogP contribution in [0.3, 0.4) is 0 Å². The van der Waals surface area contributed by atoms with Crippen LogP contribution in [0.25, 0.3) is 38.9 Å². The zero-order valence-electron chi connectivity index (χ0n) is 32.6. The third-order valence-corrected chi connectivity index (χ3v) is 11.8. The number of hydrogen-bond donors (Lipinski definition) is 2. The third kappa shape index (κ3) is 7.38. The van der Waals surface area contributed by atoms with E-state index in [0.717, 1.165) is 39.8 Å². The normalized spacial score (nSPS) is 17.1. The first-order chi connectivity index (χ1) is 30.0. The monoisotopic (exact) mass is 935 g/mol. The van der Waals surface area contributed by atoms with Crippen molar-refractivity contribution in [2.45, 2.75) is 43.4 Å². The number of benzene rings is 3. The molecule has 1 saturated carbocycles. The molecule has 24 heteroatoms. The molecule has 1 fully saturated rings. The van der Waals surface area contributed by atoms with Gasteiger partial charge in [0.1, 0.15) is 41.3 Å². The predicted octanol–water partition coefficient (Wildman–Crippen LogP) is 7.44. The first kappa shape index (κ1) is 42.8. The average molecular weight is 936 g/mol. The van der Waals surface area contributed by atoms with Gasteiger partial charge >= 0.3 is 6.18 Å². The number of fused-ring (bicyclic) bond motifs is 5. The second kappa shape index (κ2) is 14.8. The summed E-state index contributed by atoms with van der Waals surface area (Å²) in [7, 11) is -2.62. The Bertz CT molecular complexity index is 3300. The number of alkyl halides is 5. The molecule has 2 aliphatic rings. The molecule has 9 rings (SSSR count). The Balaban J connectivity index is 1.27. The second-order valence-corrected chi connectivity index (χ2v) is 17.5. The number of anilines is 1. The highest BCUT2D eigenvalue weighted by Gasteiger charge is 2.68. The summed E-state index contributed by atoms with van der Waals surface area (Å²) in [5.74, 6) is -12.5. The van der Waals surface area contributed by atoms with Gasteiger partial charge in [0, 0.05) is 42.6 Å². The SMILES string of the molecule is Cn1nc(NS(C)(=O)=O)c2c(Cl)ccc(-n3c([C@H](Cc4cc(F)cc(F)c4)NC(=O)Cn4nc(C(F)(F)F)c5c4C(F)(F)[C@@H]4C[C@H]54)nc4nc(-c5ccc(F)cc5F)ccc4c3=O)c21. The van der Waals surface area contributed by atoms with Crippen molar-refractivity contribution in [1.29, 1.82) is 0 Å². The van der Waals surface area contributed by atoms with Gasteiger partial charge < -0.3 is 5.32 Å². The van der Waals surface area contributed by atoms with Gasteiger partial charge in [-0.25, -0.2) is 35.9 Å². The van der Waals surface area contributed by atoms with Crippen molar-refractivity contribution in [3.8, 4) is 16.9 Å². The zero-order chi connectivity index (χ0) is 45.9. The van der Waals surface area contributed by atoms with E-state index in [4.69, 9.17) is 11.6 Å². The van der Waals surface area contributed by atoms with E-state index in [1.54, 1.807) is 0 Å². The quantitative estimate of drug-likeness (QED) is 0.134. The molecule has 0 unspecified atom stereocenters. The summed E-state index contributed by atoms with van der Waals surface area (Å²) >= 11 is 6.57. The minimum Gasteiger partial charge on any atom is -0.344 e. The standard InChI is InChI=1S/C40H27ClF9N9O4S/c1-57-32-28(8-6-24(41)31(32)36(55-57)56-64(2,62)63)59-37(53-35-21(38(59)61)5-7-26(52-35)20-4-3-17(42)13-25(20)45)27(11-16-9-18(43)12-19(44)10-16)51-29(60)15-58-34-30(33(54-58)40(48,49)50)22-14-23(22)39(34,46)47/h3-10,12-13,22-23,27H,11,14-15H2,1-2H3,(H,51,60)(H,55,56)/t22-,23+,27-/m0/s1. The third-order valence-electron chi connectivity index (χ3n) is 10.9. The van der Waals surface area contributed by atoms with Crippen LogP contribution in [0.2, 0.25) is 5.02 Å². The molecule has 4 aromatic heterocycles. The van der Waals surface area contributed by atoms with E-state index in [2.05, 4.69) is 30.2 Å². The van der Waals surface area contributed by atoms with Crippen molar-refractivity contribution >= 4 is 55.3 Å². The fourth-order valence-electron chi connectivity index (χ4n) is 8.32. The smallest absolute Gasteiger partial charge is 0.344 e. The summed E-state index contributed by atoms with van der Waals surface area (Å²) in [5, 5.41) is 9.74. The molecule has 3 aromatic carbocycles. The average Bonchev–Trinajstić information content (AvgIpc) is 3.72. The molecule has 332 valence electrons. The van der Waals surface area contributed by atoms with Gasteiger partial charge in [0.2, 0.25) is 15.9 Å². The fraction of sp³-hybridized carbons (Fsp3) is 0.250. The molecule has 2 N–H and O–H groups in total. The summed E-state index contributed by atoms with van der Waals surface area (Å²) in [6.07, 6.45) is -5.18. The highest BCUT2D eigenvalue weighted by Crippen LogP contribution is 2.68. The number of sulfonamides is 1. The van der Waals surface area contributed by atoms with Crippen LogP contribution >= 0.6 is 11.6 Å². The van der Waals surface area contributed by atoms with Crippen molar-refractivity contribution in [3.05, 3.63) is 128 Å². The number of hydrogen-bond acceptors (Lipinski definition) is 8. The van der Waals surface area contributed by atoms with Crippen LogP contribution in [0.4, 0.5) is 45.3 Å². The van der Waals surface area contributed by atoms with Crippen LogP contribution in [-0.4, -0.2) is 54.7 Å². The van der Waals surface area contributed by atoms with Gasteiger partial charge in [-0.15, -0.1) is 0 Å². The minimum absolute atomic E-state index is 0.0180. The molecular formula is C40H27ClF9N9O4S. The number of carbonyl (C=O) groups is 1. The number of aromatic nitrogens is 7. The number of amides is 1. The zero-order valence-corrected chi connectivity index (χ0v) is 34.2. The second-order valence-electron chi connectivity index (χ2n) is 15.4. The summed E-state index contributed by atoms with van der Waals surface area (Å²) < 4.78 is 161. The Morgan fingerprint density at radius 2 is 1.69 bits per heavy atom. The van der Waals surface area contributed by atoms with Gasteiger partial charge in [-0.3, -0.25) is 28.2 Å². The maximum absolute atomic E-state index is 15.5. The van der Waals surface area contributed by atoms with E-state index in [1.807, 2.05) is 0 Å². The van der Waals surface area contributed by atoms with Crippen LogP contribution in [0, 0.1) is 29.2 Å². The Morgan fingerprint density at radius 1 is 0.969 bits per heavy atom. The van der Waals surface area contributed by atoms with Crippen molar-refractivity contribution in [3.63, 3.8) is 0 Å². The topological polar surface area (TPSA) is 159 Å². The molecule has 13 nitrogen and oxygen atoms in total. The largest absolute Gasteiger partial charge is 0.435 e. The predicted molar refractivity (Wildman–Crippen MR) is 211 cm³/mol. The Morgan fingerprint density at radius 3 is 2.36 bits per heavy atom. The molecule has 0 saturated heterocycles. The molecule has 0 bridgehead atoms. The lowest BCUT2D eigenvalue weighted by Gasteiger charge is -2.24. The highest BCUT2D eigenvalue weighted by molar-refractivity contribution is 7.92. The van der Waals surface area contributed by atoms with E-state index in [-0.39, 0.29) is 60.7 Å². The summed E-state index contributed by atoms with van der Waals surface area (Å²) in [5.41, 5.74) is -5.50. The first-order valence-corrected chi connectivity index (χ1v) is 21.1.